The van der Waals surface area contributed by atoms with E-state index in [0.717, 1.165) is 16.7 Å². The SMILES string of the molecule is CNCC1(c2nc(Br)c3ccccn23)CC1. The van der Waals surface area contributed by atoms with Crippen molar-refractivity contribution in [2.24, 2.45) is 0 Å². The first kappa shape index (κ1) is 10.3. The van der Waals surface area contributed by atoms with Gasteiger partial charge in [0, 0.05) is 18.2 Å². The highest BCUT2D eigenvalue weighted by molar-refractivity contribution is 9.10. The Labute approximate surface area is 103 Å². The van der Waals surface area contributed by atoms with Gasteiger partial charge >= 0.3 is 0 Å². The molecule has 1 aliphatic carbocycles. The van der Waals surface area contributed by atoms with Crippen LogP contribution in [-0.2, 0) is 5.41 Å². The summed E-state index contributed by atoms with van der Waals surface area (Å²) in [6.07, 6.45) is 4.56. The van der Waals surface area contributed by atoms with Crippen LogP contribution in [-0.4, -0.2) is 23.0 Å². The maximum atomic E-state index is 4.68. The molecule has 0 aromatic carbocycles. The zero-order valence-electron chi connectivity index (χ0n) is 9.20. The van der Waals surface area contributed by atoms with E-state index in [1.807, 2.05) is 13.1 Å². The van der Waals surface area contributed by atoms with Crippen molar-refractivity contribution in [3.63, 3.8) is 0 Å². The number of nitrogens with one attached hydrogen (secondary N) is 1. The standard InChI is InChI=1S/C12H14BrN3/c1-14-8-12(5-6-12)11-15-10(13)9-4-2-3-7-16(9)11/h2-4,7,14H,5-6,8H2,1H3. The lowest BCUT2D eigenvalue weighted by atomic mass is 10.1. The number of hydrogen-bond donors (Lipinski definition) is 1. The van der Waals surface area contributed by atoms with E-state index in [0.29, 0.717) is 0 Å². The molecular formula is C12H14BrN3. The first-order valence-corrected chi connectivity index (χ1v) is 6.34. The molecule has 0 spiro atoms. The fraction of sp³-hybridized carbons (Fsp3) is 0.417. The Morgan fingerprint density at radius 1 is 1.50 bits per heavy atom. The second-order valence-corrected chi connectivity index (χ2v) is 5.24. The highest BCUT2D eigenvalue weighted by Crippen LogP contribution is 2.47. The van der Waals surface area contributed by atoms with E-state index in [1.54, 1.807) is 0 Å². The molecule has 1 fully saturated rings. The van der Waals surface area contributed by atoms with E-state index in [9.17, 15) is 0 Å². The summed E-state index contributed by atoms with van der Waals surface area (Å²) in [6, 6.07) is 6.19. The summed E-state index contributed by atoms with van der Waals surface area (Å²) in [5.41, 5.74) is 1.41. The van der Waals surface area contributed by atoms with Gasteiger partial charge in [0.2, 0.25) is 0 Å². The molecule has 2 aromatic heterocycles. The Morgan fingerprint density at radius 2 is 2.31 bits per heavy atom. The average Bonchev–Trinajstić information content (AvgIpc) is 2.99. The molecule has 0 bridgehead atoms. The van der Waals surface area contributed by atoms with Crippen molar-refractivity contribution in [3.05, 3.63) is 34.8 Å². The third kappa shape index (κ3) is 1.40. The molecule has 3 rings (SSSR count). The lowest BCUT2D eigenvalue weighted by molar-refractivity contribution is 0.585. The van der Waals surface area contributed by atoms with Crippen molar-refractivity contribution in [1.82, 2.24) is 14.7 Å². The summed E-state index contributed by atoms with van der Waals surface area (Å²) in [5, 5.41) is 3.27. The van der Waals surface area contributed by atoms with E-state index in [-0.39, 0.29) is 5.41 Å². The van der Waals surface area contributed by atoms with Gasteiger partial charge in [-0.2, -0.15) is 0 Å². The van der Waals surface area contributed by atoms with Crippen LogP contribution in [0.4, 0.5) is 0 Å². The monoisotopic (exact) mass is 279 g/mol. The molecule has 0 radical (unpaired) electrons. The fourth-order valence-electron chi connectivity index (χ4n) is 2.34. The topological polar surface area (TPSA) is 29.3 Å². The quantitative estimate of drug-likeness (QED) is 0.935. The van der Waals surface area contributed by atoms with Gasteiger partial charge in [-0.25, -0.2) is 4.98 Å². The lowest BCUT2D eigenvalue weighted by Crippen LogP contribution is -2.25. The summed E-state index contributed by atoms with van der Waals surface area (Å²) < 4.78 is 3.15. The van der Waals surface area contributed by atoms with Gasteiger partial charge in [-0.05, 0) is 48.0 Å². The van der Waals surface area contributed by atoms with E-state index in [2.05, 4.69) is 49.0 Å². The second-order valence-electron chi connectivity index (χ2n) is 4.49. The van der Waals surface area contributed by atoms with E-state index < -0.39 is 0 Å². The highest BCUT2D eigenvalue weighted by Gasteiger charge is 2.47. The van der Waals surface area contributed by atoms with Gasteiger partial charge in [-0.15, -0.1) is 0 Å². The molecule has 2 heterocycles. The van der Waals surface area contributed by atoms with Crippen molar-refractivity contribution in [2.45, 2.75) is 18.3 Å². The third-order valence-corrected chi connectivity index (χ3v) is 3.93. The number of hydrogen-bond acceptors (Lipinski definition) is 2. The van der Waals surface area contributed by atoms with E-state index in [4.69, 9.17) is 0 Å². The fourth-order valence-corrected chi connectivity index (χ4v) is 2.83. The Balaban J connectivity index is 2.17. The Hall–Kier alpha value is -0.870. The van der Waals surface area contributed by atoms with Crippen molar-refractivity contribution in [2.75, 3.05) is 13.6 Å². The number of pyridine rings is 1. The molecular weight excluding hydrogens is 266 g/mol. The zero-order chi connectivity index (χ0) is 11.2. The van der Waals surface area contributed by atoms with E-state index >= 15 is 0 Å². The molecule has 4 heteroatoms. The number of imidazole rings is 1. The minimum atomic E-state index is 0.255. The zero-order valence-corrected chi connectivity index (χ0v) is 10.8. The summed E-state index contributed by atoms with van der Waals surface area (Å²) in [7, 11) is 2.00. The Bertz CT molecular complexity index is 528. The molecule has 0 saturated heterocycles. The van der Waals surface area contributed by atoms with Crippen LogP contribution in [0.2, 0.25) is 0 Å². The number of rotatable bonds is 3. The molecule has 84 valence electrons. The number of halogens is 1. The molecule has 0 atom stereocenters. The minimum Gasteiger partial charge on any atom is -0.319 e. The highest BCUT2D eigenvalue weighted by atomic mass is 79.9. The third-order valence-electron chi connectivity index (χ3n) is 3.35. The number of nitrogens with zero attached hydrogens (tertiary/aromatic N) is 2. The molecule has 0 aliphatic heterocycles. The summed E-state index contributed by atoms with van der Waals surface area (Å²) in [6.45, 7) is 1.01. The molecule has 3 nitrogen and oxygen atoms in total. The van der Waals surface area contributed by atoms with Gasteiger partial charge in [-0.1, -0.05) is 6.07 Å². The van der Waals surface area contributed by atoms with Crippen molar-refractivity contribution >= 4 is 21.4 Å². The van der Waals surface area contributed by atoms with Crippen LogP contribution in [0, 0.1) is 0 Å². The minimum absolute atomic E-state index is 0.255. The molecule has 2 aromatic rings. The Morgan fingerprint density at radius 3 is 3.00 bits per heavy atom. The van der Waals surface area contributed by atoms with Crippen molar-refractivity contribution < 1.29 is 0 Å². The molecule has 1 saturated carbocycles. The van der Waals surface area contributed by atoms with Crippen LogP contribution in [0.1, 0.15) is 18.7 Å². The number of aromatic nitrogens is 2. The molecule has 0 unspecified atom stereocenters. The maximum absolute atomic E-state index is 4.68. The molecule has 0 amide bonds. The van der Waals surface area contributed by atoms with Gasteiger partial charge in [0.25, 0.3) is 0 Å². The van der Waals surface area contributed by atoms with Crippen LogP contribution >= 0.6 is 15.9 Å². The molecule has 1 N–H and O–H groups in total. The largest absolute Gasteiger partial charge is 0.319 e. The predicted molar refractivity (Wildman–Crippen MR) is 67.7 cm³/mol. The smallest absolute Gasteiger partial charge is 0.132 e. The van der Waals surface area contributed by atoms with Crippen LogP contribution < -0.4 is 5.32 Å². The number of fused-ring (bicyclic) bond motifs is 1. The normalized spacial score (nSPS) is 17.9. The van der Waals surface area contributed by atoms with Crippen molar-refractivity contribution in [1.29, 1.82) is 0 Å². The summed E-state index contributed by atoms with van der Waals surface area (Å²) in [4.78, 5) is 4.68. The van der Waals surface area contributed by atoms with Crippen LogP contribution in [0.15, 0.2) is 29.0 Å². The molecule has 16 heavy (non-hydrogen) atoms. The summed E-state index contributed by atoms with van der Waals surface area (Å²) in [5.74, 6) is 1.18. The van der Waals surface area contributed by atoms with Crippen LogP contribution in [0.25, 0.3) is 5.52 Å². The van der Waals surface area contributed by atoms with Crippen molar-refractivity contribution in [3.8, 4) is 0 Å². The van der Waals surface area contributed by atoms with Gasteiger partial charge in [-0.3, -0.25) is 0 Å². The van der Waals surface area contributed by atoms with Crippen LogP contribution in [0.3, 0.4) is 0 Å². The van der Waals surface area contributed by atoms with Gasteiger partial charge < -0.3 is 9.72 Å². The molecule has 1 aliphatic rings. The first-order chi connectivity index (χ1) is 7.77. The summed E-state index contributed by atoms with van der Waals surface area (Å²) >= 11 is 3.54. The average molecular weight is 280 g/mol. The van der Waals surface area contributed by atoms with Gasteiger partial charge in [0.05, 0.1) is 5.52 Å². The predicted octanol–water partition coefficient (Wildman–Crippen LogP) is 2.35. The van der Waals surface area contributed by atoms with Crippen LogP contribution in [0.5, 0.6) is 0 Å². The maximum Gasteiger partial charge on any atom is 0.132 e. The second kappa shape index (κ2) is 3.57. The van der Waals surface area contributed by atoms with E-state index in [1.165, 1.54) is 18.7 Å². The van der Waals surface area contributed by atoms with Gasteiger partial charge in [0.15, 0.2) is 0 Å². The number of likely N-dealkylation sites (N-methyl/N-ethyl adjacent to an activating group) is 1. The Kier molecular flexibility index (Phi) is 2.30. The first-order valence-electron chi connectivity index (χ1n) is 5.54. The lowest BCUT2D eigenvalue weighted by Gasteiger charge is -2.12. The van der Waals surface area contributed by atoms with Gasteiger partial charge in [0.1, 0.15) is 10.4 Å².